The third-order valence-corrected chi connectivity index (χ3v) is 4.11. The second-order valence-corrected chi connectivity index (χ2v) is 5.60. The third-order valence-electron chi connectivity index (χ3n) is 4.11. The molecule has 0 amide bonds. The molecule has 1 aromatic rings. The standard InChI is InChI=1S/C16H20O3/c1-12-7-8-16(17,11-12)14-6-4-3-5-13(14)15(2)18-9-10-19-15/h3-6,11,17H,7-10H2,1-2H3. The van der Waals surface area contributed by atoms with Crippen LogP contribution in [0.3, 0.4) is 0 Å². The lowest BCUT2D eigenvalue weighted by Crippen LogP contribution is -2.30. The molecule has 1 aliphatic carbocycles. The Labute approximate surface area is 113 Å². The number of hydrogen-bond donors (Lipinski definition) is 1. The summed E-state index contributed by atoms with van der Waals surface area (Å²) in [6.07, 6.45) is 3.62. The minimum Gasteiger partial charge on any atom is -0.381 e. The van der Waals surface area contributed by atoms with Crippen LogP contribution in [0, 0.1) is 0 Å². The van der Waals surface area contributed by atoms with Crippen molar-refractivity contribution in [1.29, 1.82) is 0 Å². The van der Waals surface area contributed by atoms with Crippen LogP contribution >= 0.6 is 0 Å². The highest BCUT2D eigenvalue weighted by Crippen LogP contribution is 2.43. The zero-order valence-corrected chi connectivity index (χ0v) is 11.5. The lowest BCUT2D eigenvalue weighted by Gasteiger charge is -2.31. The van der Waals surface area contributed by atoms with E-state index in [9.17, 15) is 5.11 Å². The Balaban J connectivity index is 2.08. The summed E-state index contributed by atoms with van der Waals surface area (Å²) < 4.78 is 11.5. The Kier molecular flexibility index (Phi) is 3.01. The molecule has 1 atom stereocenters. The van der Waals surface area contributed by atoms with E-state index in [4.69, 9.17) is 9.47 Å². The molecule has 1 N–H and O–H groups in total. The summed E-state index contributed by atoms with van der Waals surface area (Å²) in [6, 6.07) is 7.88. The van der Waals surface area contributed by atoms with Crippen LogP contribution in [0.25, 0.3) is 0 Å². The maximum Gasteiger partial charge on any atom is 0.192 e. The fourth-order valence-corrected chi connectivity index (χ4v) is 3.08. The number of ether oxygens (including phenoxy) is 2. The van der Waals surface area contributed by atoms with Crippen molar-refractivity contribution >= 4 is 0 Å². The zero-order valence-electron chi connectivity index (χ0n) is 11.5. The highest BCUT2D eigenvalue weighted by Gasteiger charge is 2.41. The molecule has 3 nitrogen and oxygen atoms in total. The highest BCUT2D eigenvalue weighted by molar-refractivity contribution is 5.41. The molecule has 1 saturated heterocycles. The van der Waals surface area contributed by atoms with Gasteiger partial charge in [0.2, 0.25) is 0 Å². The Bertz CT molecular complexity index is 514. The van der Waals surface area contributed by atoms with E-state index in [2.05, 4.69) is 6.92 Å². The molecule has 0 spiro atoms. The predicted molar refractivity (Wildman–Crippen MR) is 72.6 cm³/mol. The summed E-state index contributed by atoms with van der Waals surface area (Å²) in [5, 5.41) is 10.9. The fourth-order valence-electron chi connectivity index (χ4n) is 3.08. The summed E-state index contributed by atoms with van der Waals surface area (Å²) in [6.45, 7) is 5.18. The molecule has 1 unspecified atom stereocenters. The maximum atomic E-state index is 10.9. The van der Waals surface area contributed by atoms with Crippen molar-refractivity contribution in [3.05, 3.63) is 47.0 Å². The molecule has 102 valence electrons. The predicted octanol–water partition coefficient (Wildman–Crippen LogP) is 2.83. The van der Waals surface area contributed by atoms with Gasteiger partial charge in [-0.3, -0.25) is 0 Å². The maximum absolute atomic E-state index is 10.9. The van der Waals surface area contributed by atoms with Crippen molar-refractivity contribution in [1.82, 2.24) is 0 Å². The largest absolute Gasteiger partial charge is 0.381 e. The van der Waals surface area contributed by atoms with E-state index in [-0.39, 0.29) is 0 Å². The van der Waals surface area contributed by atoms with Crippen LogP contribution in [0.5, 0.6) is 0 Å². The molecule has 2 aliphatic rings. The normalized spacial score (nSPS) is 29.5. The van der Waals surface area contributed by atoms with Crippen LogP contribution in [-0.2, 0) is 20.9 Å². The van der Waals surface area contributed by atoms with Gasteiger partial charge in [-0.05, 0) is 38.3 Å². The molecule has 0 bridgehead atoms. The SMILES string of the molecule is CC1=CC(O)(c2ccccc2C2(C)OCCO2)CC1. The van der Waals surface area contributed by atoms with Gasteiger partial charge in [0.05, 0.1) is 13.2 Å². The molecule has 1 heterocycles. The number of aliphatic hydroxyl groups is 1. The Morgan fingerprint density at radius 3 is 2.32 bits per heavy atom. The van der Waals surface area contributed by atoms with E-state index < -0.39 is 11.4 Å². The first-order valence-corrected chi connectivity index (χ1v) is 6.82. The van der Waals surface area contributed by atoms with Gasteiger partial charge in [0.25, 0.3) is 0 Å². The molecular formula is C16H20O3. The van der Waals surface area contributed by atoms with E-state index in [1.165, 1.54) is 5.57 Å². The van der Waals surface area contributed by atoms with Gasteiger partial charge in [-0.25, -0.2) is 0 Å². The van der Waals surface area contributed by atoms with Crippen molar-refractivity contribution < 1.29 is 14.6 Å². The monoisotopic (exact) mass is 260 g/mol. The minimum absolute atomic E-state index is 0.595. The third kappa shape index (κ3) is 2.12. The summed E-state index contributed by atoms with van der Waals surface area (Å²) >= 11 is 0. The average molecular weight is 260 g/mol. The Hall–Kier alpha value is -1.16. The second kappa shape index (κ2) is 4.44. The van der Waals surface area contributed by atoms with E-state index in [0.29, 0.717) is 13.2 Å². The number of hydrogen-bond acceptors (Lipinski definition) is 3. The van der Waals surface area contributed by atoms with E-state index in [0.717, 1.165) is 24.0 Å². The summed E-state index contributed by atoms with van der Waals surface area (Å²) in [5.41, 5.74) is 2.17. The van der Waals surface area contributed by atoms with Crippen molar-refractivity contribution in [2.75, 3.05) is 13.2 Å². The van der Waals surface area contributed by atoms with Crippen molar-refractivity contribution in [3.63, 3.8) is 0 Å². The molecular weight excluding hydrogens is 240 g/mol. The minimum atomic E-state index is -0.890. The molecule has 3 rings (SSSR count). The van der Waals surface area contributed by atoms with Crippen molar-refractivity contribution in [2.24, 2.45) is 0 Å². The van der Waals surface area contributed by atoms with Crippen molar-refractivity contribution in [3.8, 4) is 0 Å². The summed E-state index contributed by atoms with van der Waals surface area (Å²) in [5.74, 6) is -0.739. The van der Waals surface area contributed by atoms with Crippen LogP contribution < -0.4 is 0 Å². The molecule has 0 aromatic heterocycles. The van der Waals surface area contributed by atoms with Gasteiger partial charge in [-0.15, -0.1) is 0 Å². The van der Waals surface area contributed by atoms with Crippen LogP contribution in [0.2, 0.25) is 0 Å². The lowest BCUT2D eigenvalue weighted by molar-refractivity contribution is -0.151. The van der Waals surface area contributed by atoms with Gasteiger partial charge in [0.15, 0.2) is 5.79 Å². The van der Waals surface area contributed by atoms with E-state index >= 15 is 0 Å². The van der Waals surface area contributed by atoms with Gasteiger partial charge < -0.3 is 14.6 Å². The van der Waals surface area contributed by atoms with Crippen LogP contribution in [-0.4, -0.2) is 18.3 Å². The molecule has 0 radical (unpaired) electrons. The molecule has 1 fully saturated rings. The van der Waals surface area contributed by atoms with Crippen LogP contribution in [0.4, 0.5) is 0 Å². The summed E-state index contributed by atoms with van der Waals surface area (Å²) in [4.78, 5) is 0. The van der Waals surface area contributed by atoms with Gasteiger partial charge in [0.1, 0.15) is 5.60 Å². The molecule has 1 aliphatic heterocycles. The van der Waals surface area contributed by atoms with E-state index in [1.54, 1.807) is 0 Å². The first-order chi connectivity index (χ1) is 9.04. The van der Waals surface area contributed by atoms with Gasteiger partial charge in [0, 0.05) is 5.56 Å². The topological polar surface area (TPSA) is 38.7 Å². The van der Waals surface area contributed by atoms with Gasteiger partial charge in [-0.2, -0.15) is 0 Å². The number of benzene rings is 1. The molecule has 0 saturated carbocycles. The highest BCUT2D eigenvalue weighted by atomic mass is 16.7. The number of allylic oxidation sites excluding steroid dienone is 1. The average Bonchev–Trinajstić information content (AvgIpc) is 2.98. The number of rotatable bonds is 2. The zero-order chi connectivity index (χ0) is 13.5. The molecule has 3 heteroatoms. The quantitative estimate of drug-likeness (QED) is 0.831. The second-order valence-electron chi connectivity index (χ2n) is 5.60. The van der Waals surface area contributed by atoms with Crippen LogP contribution in [0.15, 0.2) is 35.9 Å². The Morgan fingerprint density at radius 1 is 1.11 bits per heavy atom. The Morgan fingerprint density at radius 2 is 1.74 bits per heavy atom. The van der Waals surface area contributed by atoms with Gasteiger partial charge in [-0.1, -0.05) is 29.8 Å². The summed E-state index contributed by atoms with van der Waals surface area (Å²) in [7, 11) is 0. The van der Waals surface area contributed by atoms with E-state index in [1.807, 2.05) is 37.3 Å². The lowest BCUT2D eigenvalue weighted by atomic mass is 9.86. The fraction of sp³-hybridized carbons (Fsp3) is 0.500. The van der Waals surface area contributed by atoms with Gasteiger partial charge >= 0.3 is 0 Å². The first kappa shape index (κ1) is 12.9. The van der Waals surface area contributed by atoms with Crippen molar-refractivity contribution in [2.45, 2.75) is 38.1 Å². The molecule has 19 heavy (non-hydrogen) atoms. The smallest absolute Gasteiger partial charge is 0.192 e. The van der Waals surface area contributed by atoms with Crippen LogP contribution in [0.1, 0.15) is 37.8 Å². The first-order valence-electron chi connectivity index (χ1n) is 6.82. The molecule has 1 aromatic carbocycles.